The molecule has 0 aliphatic rings. The molecule has 0 saturated heterocycles. The van der Waals surface area contributed by atoms with Gasteiger partial charge in [-0.15, -0.1) is 0 Å². The van der Waals surface area contributed by atoms with Gasteiger partial charge in [-0.2, -0.15) is 0 Å². The Morgan fingerprint density at radius 2 is 1.77 bits per heavy atom. The van der Waals surface area contributed by atoms with Crippen molar-refractivity contribution in [1.29, 1.82) is 0 Å². The molecule has 0 unspecified atom stereocenters. The Morgan fingerprint density at radius 3 is 2.47 bits per heavy atom. The molecule has 0 aliphatic heterocycles. The third-order valence-electron chi connectivity index (χ3n) is 4.80. The van der Waals surface area contributed by atoms with Crippen molar-refractivity contribution >= 4 is 28.5 Å². The highest BCUT2D eigenvalue weighted by Gasteiger charge is 2.26. The van der Waals surface area contributed by atoms with Gasteiger partial charge in [0.1, 0.15) is 12.0 Å². The van der Waals surface area contributed by atoms with E-state index in [1.807, 2.05) is 48.5 Å². The Balaban J connectivity index is 1.74. The van der Waals surface area contributed by atoms with Crippen LogP contribution in [0.25, 0.3) is 17.0 Å². The maximum atomic E-state index is 13.0. The zero-order valence-electron chi connectivity index (χ0n) is 16.9. The fourth-order valence-corrected chi connectivity index (χ4v) is 3.39. The number of carbonyl (C=O) groups excluding carboxylic acids is 2. The summed E-state index contributed by atoms with van der Waals surface area (Å²) in [4.78, 5) is 37.0. The minimum atomic E-state index is -0.776. The number of nitrogens with zero attached hydrogens (tertiary/aromatic N) is 3. The average Bonchev–Trinajstić information content (AvgIpc) is 3.31. The lowest BCUT2D eigenvalue weighted by molar-refractivity contribution is 0.0970. The van der Waals surface area contributed by atoms with Crippen LogP contribution in [0.2, 0.25) is 0 Å². The van der Waals surface area contributed by atoms with Gasteiger partial charge in [0.25, 0.3) is 11.8 Å². The summed E-state index contributed by atoms with van der Waals surface area (Å²) in [6, 6.07) is 15.0. The van der Waals surface area contributed by atoms with Crippen molar-refractivity contribution in [2.45, 2.75) is 26.2 Å². The molecule has 0 aliphatic carbocycles. The van der Waals surface area contributed by atoms with E-state index in [-0.39, 0.29) is 16.8 Å². The third-order valence-corrected chi connectivity index (χ3v) is 4.80. The Kier molecular flexibility index (Phi) is 4.62. The van der Waals surface area contributed by atoms with Crippen molar-refractivity contribution in [1.82, 2.24) is 19.5 Å². The van der Waals surface area contributed by atoms with Gasteiger partial charge in [0.15, 0.2) is 5.69 Å². The number of hydrogen-bond acceptors (Lipinski definition) is 4. The molecule has 30 heavy (non-hydrogen) atoms. The molecule has 2 heterocycles. The number of anilines is 1. The molecule has 0 bridgehead atoms. The summed E-state index contributed by atoms with van der Waals surface area (Å²) in [7, 11) is 0. The van der Waals surface area contributed by atoms with Crippen molar-refractivity contribution < 1.29 is 9.59 Å². The van der Waals surface area contributed by atoms with E-state index in [0.29, 0.717) is 11.6 Å². The van der Waals surface area contributed by atoms with Gasteiger partial charge in [0.2, 0.25) is 5.95 Å². The molecule has 0 fully saturated rings. The zero-order chi connectivity index (χ0) is 21.5. The second kappa shape index (κ2) is 7.14. The highest BCUT2D eigenvalue weighted by Crippen LogP contribution is 2.29. The van der Waals surface area contributed by atoms with Gasteiger partial charge in [-0.05, 0) is 29.2 Å². The maximum Gasteiger partial charge on any atom is 0.276 e. The van der Waals surface area contributed by atoms with Gasteiger partial charge in [0.05, 0.1) is 11.0 Å². The number of imidazole rings is 2. The van der Waals surface area contributed by atoms with Crippen LogP contribution < -0.4 is 11.1 Å². The number of aromatic amines is 1. The molecule has 0 atom stereocenters. The number of amides is 2. The molecule has 0 saturated carbocycles. The van der Waals surface area contributed by atoms with E-state index in [2.05, 4.69) is 41.0 Å². The number of para-hydroxylation sites is 3. The van der Waals surface area contributed by atoms with E-state index in [1.54, 1.807) is 0 Å². The van der Waals surface area contributed by atoms with Gasteiger partial charge in [-0.25, -0.2) is 9.97 Å². The summed E-state index contributed by atoms with van der Waals surface area (Å²) in [6.45, 7) is 6.18. The number of hydrogen-bond donors (Lipinski definition) is 3. The van der Waals surface area contributed by atoms with E-state index >= 15 is 0 Å². The van der Waals surface area contributed by atoms with E-state index < -0.39 is 11.8 Å². The predicted octanol–water partition coefficient (Wildman–Crippen LogP) is 3.40. The number of primary amides is 1. The van der Waals surface area contributed by atoms with Crippen molar-refractivity contribution in [2.24, 2.45) is 5.73 Å². The summed E-state index contributed by atoms with van der Waals surface area (Å²) in [5.74, 6) is -0.941. The number of benzene rings is 2. The van der Waals surface area contributed by atoms with Crippen LogP contribution in [0, 0.1) is 0 Å². The molecule has 2 aromatic carbocycles. The molecular formula is C22H22N6O2. The van der Waals surface area contributed by atoms with Crippen LogP contribution in [0.4, 0.5) is 5.69 Å². The molecule has 0 spiro atoms. The first-order valence-electron chi connectivity index (χ1n) is 9.49. The molecular weight excluding hydrogens is 380 g/mol. The molecule has 4 rings (SSSR count). The van der Waals surface area contributed by atoms with E-state index in [9.17, 15) is 9.59 Å². The van der Waals surface area contributed by atoms with Gasteiger partial charge < -0.3 is 16.0 Å². The lowest BCUT2D eigenvalue weighted by atomic mass is 9.86. The Labute approximate surface area is 173 Å². The first-order valence-corrected chi connectivity index (χ1v) is 9.49. The molecule has 2 amide bonds. The van der Waals surface area contributed by atoms with Gasteiger partial charge in [0, 0.05) is 5.69 Å². The van der Waals surface area contributed by atoms with Crippen LogP contribution in [0.3, 0.4) is 0 Å². The summed E-state index contributed by atoms with van der Waals surface area (Å²) >= 11 is 0. The summed E-state index contributed by atoms with van der Waals surface area (Å²) in [6.07, 6.45) is 1.36. The largest absolute Gasteiger partial charge is 0.364 e. The Hall–Kier alpha value is -3.94. The molecule has 8 nitrogen and oxygen atoms in total. The molecule has 0 radical (unpaired) electrons. The monoisotopic (exact) mass is 402 g/mol. The second-order valence-corrected chi connectivity index (χ2v) is 8.00. The highest BCUT2D eigenvalue weighted by atomic mass is 16.2. The number of nitrogens with one attached hydrogen (secondary N) is 2. The van der Waals surface area contributed by atoms with E-state index in [0.717, 1.165) is 16.6 Å². The summed E-state index contributed by atoms with van der Waals surface area (Å²) < 4.78 is 1.40. The minimum Gasteiger partial charge on any atom is -0.364 e. The smallest absolute Gasteiger partial charge is 0.276 e. The first kappa shape index (κ1) is 19.4. The second-order valence-electron chi connectivity index (χ2n) is 8.00. The number of rotatable bonds is 4. The Morgan fingerprint density at radius 1 is 1.07 bits per heavy atom. The third kappa shape index (κ3) is 3.43. The molecule has 2 aromatic heterocycles. The minimum absolute atomic E-state index is 0.0419. The standard InChI is InChI=1S/C22H22N6O2/c1-22(2,3)13-8-4-5-9-14(13)25-20(30)17-18(19(23)29)28(12-24-17)21-26-15-10-6-7-11-16(15)27-21/h4-12H,1-3H3,(H2,23,29)(H,25,30)(H,26,27). The normalized spacial score (nSPS) is 11.6. The molecule has 4 N–H and O–H groups in total. The van der Waals surface area contributed by atoms with Crippen LogP contribution in [0.1, 0.15) is 47.3 Å². The average molecular weight is 402 g/mol. The SMILES string of the molecule is CC(C)(C)c1ccccc1NC(=O)c1ncn(-c2nc3ccccc3[nH]2)c1C(N)=O. The number of fused-ring (bicyclic) bond motifs is 1. The number of H-pyrrole nitrogens is 1. The number of carbonyl (C=O) groups is 2. The molecule has 152 valence electrons. The van der Waals surface area contributed by atoms with Crippen molar-refractivity contribution in [3.05, 3.63) is 71.8 Å². The lowest BCUT2D eigenvalue weighted by Gasteiger charge is -2.22. The summed E-state index contributed by atoms with van der Waals surface area (Å²) in [5, 5.41) is 2.87. The van der Waals surface area contributed by atoms with Crippen molar-refractivity contribution in [3.63, 3.8) is 0 Å². The fraction of sp³-hybridized carbons (Fsp3) is 0.182. The zero-order valence-corrected chi connectivity index (χ0v) is 16.9. The van der Waals surface area contributed by atoms with Crippen LogP contribution in [-0.2, 0) is 5.41 Å². The van der Waals surface area contributed by atoms with Crippen LogP contribution in [-0.4, -0.2) is 31.3 Å². The van der Waals surface area contributed by atoms with E-state index in [4.69, 9.17) is 5.73 Å². The van der Waals surface area contributed by atoms with Crippen molar-refractivity contribution in [2.75, 3.05) is 5.32 Å². The van der Waals surface area contributed by atoms with Gasteiger partial charge in [-0.1, -0.05) is 51.1 Å². The van der Waals surface area contributed by atoms with Gasteiger partial charge >= 0.3 is 0 Å². The number of nitrogens with two attached hydrogens (primary N) is 1. The van der Waals surface area contributed by atoms with Crippen LogP contribution in [0.15, 0.2) is 54.9 Å². The van der Waals surface area contributed by atoms with Crippen LogP contribution >= 0.6 is 0 Å². The molecule has 4 aromatic rings. The first-order chi connectivity index (χ1) is 14.3. The van der Waals surface area contributed by atoms with E-state index in [1.165, 1.54) is 10.9 Å². The van der Waals surface area contributed by atoms with Crippen molar-refractivity contribution in [3.8, 4) is 5.95 Å². The van der Waals surface area contributed by atoms with Gasteiger partial charge in [-0.3, -0.25) is 14.2 Å². The fourth-order valence-electron chi connectivity index (χ4n) is 3.39. The lowest BCUT2D eigenvalue weighted by Crippen LogP contribution is -2.24. The summed E-state index contributed by atoms with van der Waals surface area (Å²) in [5.41, 5.74) is 8.46. The van der Waals surface area contributed by atoms with Crippen LogP contribution in [0.5, 0.6) is 0 Å². The topological polar surface area (TPSA) is 119 Å². The number of aromatic nitrogens is 4. The predicted molar refractivity (Wildman–Crippen MR) is 115 cm³/mol. The maximum absolute atomic E-state index is 13.0. The quantitative estimate of drug-likeness (QED) is 0.485. The highest BCUT2D eigenvalue weighted by molar-refractivity contribution is 6.10. The Bertz CT molecular complexity index is 1230. The molecule has 8 heteroatoms.